The average Bonchev–Trinajstić information content (AvgIpc) is 2.76. The van der Waals surface area contributed by atoms with Gasteiger partial charge in [0.1, 0.15) is 17.1 Å². The minimum Gasteiger partial charge on any atom is -0.505 e. The molecule has 3 aromatic carbocycles. The van der Waals surface area contributed by atoms with Gasteiger partial charge in [-0.1, -0.05) is 54.6 Å². The standard InChI is InChI=1S/C25H26N2O2/c1-3-26-22-23(25(29)21-11-7-6-10-20(21)24(22)28)27(2)15-14-17-12-13-18-8-4-5-9-19(18)16-17/h3-5,8-13,16,28-29H,6-7,14-15H2,1-2H3. The number of rotatable bonds is 5. The smallest absolute Gasteiger partial charge is 0.151 e. The largest absolute Gasteiger partial charge is 0.505 e. The first-order valence-electron chi connectivity index (χ1n) is 10.1. The Morgan fingerprint density at radius 3 is 2.38 bits per heavy atom. The number of nitrogens with zero attached hydrogens (tertiary/aromatic N) is 2. The van der Waals surface area contributed by atoms with Crippen molar-refractivity contribution in [2.75, 3.05) is 18.5 Å². The van der Waals surface area contributed by atoms with E-state index in [-0.39, 0.29) is 11.5 Å². The highest BCUT2D eigenvalue weighted by Gasteiger charge is 2.20. The van der Waals surface area contributed by atoms with Gasteiger partial charge in [0.15, 0.2) is 5.75 Å². The van der Waals surface area contributed by atoms with Crippen LogP contribution in [-0.4, -0.2) is 30.0 Å². The van der Waals surface area contributed by atoms with E-state index >= 15 is 0 Å². The van der Waals surface area contributed by atoms with Crippen molar-refractivity contribution in [2.24, 2.45) is 4.99 Å². The normalized spacial score (nSPS) is 13.2. The summed E-state index contributed by atoms with van der Waals surface area (Å²) in [6.07, 6.45) is 8.14. The van der Waals surface area contributed by atoms with Crippen LogP contribution in [0.15, 0.2) is 47.5 Å². The van der Waals surface area contributed by atoms with Gasteiger partial charge in [-0.25, -0.2) is 0 Å². The molecule has 4 rings (SSSR count). The summed E-state index contributed by atoms with van der Waals surface area (Å²) in [5.41, 5.74) is 2.24. The van der Waals surface area contributed by atoms with Gasteiger partial charge in [0.25, 0.3) is 0 Å². The van der Waals surface area contributed by atoms with Crippen LogP contribution in [0, 0.1) is 0 Å². The lowest BCUT2D eigenvalue weighted by molar-refractivity contribution is 0.453. The summed E-state index contributed by atoms with van der Waals surface area (Å²) in [5, 5.41) is 25.7. The van der Waals surface area contributed by atoms with Crippen LogP contribution in [0.2, 0.25) is 0 Å². The number of benzene rings is 3. The van der Waals surface area contributed by atoms with Gasteiger partial charge in [-0.3, -0.25) is 4.99 Å². The number of aromatic hydroxyl groups is 2. The highest BCUT2D eigenvalue weighted by molar-refractivity contribution is 5.84. The highest BCUT2D eigenvalue weighted by Crippen LogP contribution is 2.39. The van der Waals surface area contributed by atoms with Gasteiger partial charge in [0.2, 0.25) is 0 Å². The van der Waals surface area contributed by atoms with Crippen molar-refractivity contribution in [3.63, 3.8) is 0 Å². The second-order valence-electron chi connectivity index (χ2n) is 7.45. The van der Waals surface area contributed by atoms with E-state index in [0.717, 1.165) is 19.3 Å². The van der Waals surface area contributed by atoms with E-state index in [4.69, 9.17) is 0 Å². The Balaban J connectivity index is 1.69. The van der Waals surface area contributed by atoms with Crippen molar-refractivity contribution in [1.29, 1.82) is 0 Å². The molecule has 4 heteroatoms. The second-order valence-corrected chi connectivity index (χ2v) is 7.45. The lowest BCUT2D eigenvalue weighted by Crippen LogP contribution is -2.30. The van der Waals surface area contributed by atoms with Crippen molar-refractivity contribution in [3.8, 4) is 11.5 Å². The van der Waals surface area contributed by atoms with Crippen LogP contribution >= 0.6 is 0 Å². The number of likely N-dealkylation sites (N-methyl/N-ethyl adjacent to an activating group) is 1. The van der Waals surface area contributed by atoms with Crippen molar-refractivity contribution in [2.45, 2.75) is 26.2 Å². The number of aliphatic imine (C=N–C) groups is 1. The number of hydrogen-bond donors (Lipinski definition) is 2. The molecule has 0 heterocycles. The molecule has 4 nitrogen and oxygen atoms in total. The maximum Gasteiger partial charge on any atom is 0.151 e. The van der Waals surface area contributed by atoms with Crippen LogP contribution in [0.5, 0.6) is 11.5 Å². The third kappa shape index (κ3) is 3.58. The molecule has 2 N–H and O–H groups in total. The lowest BCUT2D eigenvalue weighted by atomic mass is 10.0. The fourth-order valence-corrected chi connectivity index (χ4v) is 4.02. The topological polar surface area (TPSA) is 56.1 Å². The van der Waals surface area contributed by atoms with Gasteiger partial charge >= 0.3 is 0 Å². The van der Waals surface area contributed by atoms with Gasteiger partial charge < -0.3 is 15.1 Å². The van der Waals surface area contributed by atoms with Gasteiger partial charge in [-0.2, -0.15) is 0 Å². The molecular weight excluding hydrogens is 360 g/mol. The summed E-state index contributed by atoms with van der Waals surface area (Å²) in [7, 11) is 1.93. The fraction of sp³-hybridized carbons (Fsp3) is 0.240. The minimum absolute atomic E-state index is 0.138. The number of fused-ring (bicyclic) bond motifs is 2. The third-order valence-electron chi connectivity index (χ3n) is 5.53. The molecule has 0 saturated heterocycles. The van der Waals surface area contributed by atoms with E-state index in [1.165, 1.54) is 16.3 Å². The first-order valence-corrected chi connectivity index (χ1v) is 10.1. The SMILES string of the molecule is CC=Nc1c(N(C)CCc2ccc3ccccc3c2)c(O)c2c(c1O)=CCCC=2. The van der Waals surface area contributed by atoms with Gasteiger partial charge in [-0.15, -0.1) is 0 Å². The zero-order valence-corrected chi connectivity index (χ0v) is 16.9. The number of phenolic OH excluding ortho intramolecular Hbond substituents is 2. The first-order chi connectivity index (χ1) is 14.1. The van der Waals surface area contributed by atoms with E-state index < -0.39 is 0 Å². The molecule has 1 aliphatic rings. The number of anilines is 1. The van der Waals surface area contributed by atoms with Crippen LogP contribution < -0.4 is 15.3 Å². The highest BCUT2D eigenvalue weighted by atomic mass is 16.3. The monoisotopic (exact) mass is 386 g/mol. The van der Waals surface area contributed by atoms with E-state index in [0.29, 0.717) is 28.4 Å². The molecule has 0 aliphatic heterocycles. The maximum absolute atomic E-state index is 11.0. The van der Waals surface area contributed by atoms with E-state index in [2.05, 4.69) is 41.4 Å². The third-order valence-corrected chi connectivity index (χ3v) is 5.53. The van der Waals surface area contributed by atoms with Crippen LogP contribution in [0.25, 0.3) is 22.9 Å². The zero-order valence-electron chi connectivity index (χ0n) is 16.9. The van der Waals surface area contributed by atoms with Gasteiger partial charge in [-0.05, 0) is 42.5 Å². The second kappa shape index (κ2) is 8.00. The fourth-order valence-electron chi connectivity index (χ4n) is 4.02. The molecular formula is C25H26N2O2. The summed E-state index contributed by atoms with van der Waals surface area (Å²) >= 11 is 0. The van der Waals surface area contributed by atoms with Crippen molar-refractivity contribution < 1.29 is 10.2 Å². The molecule has 0 radical (unpaired) electrons. The van der Waals surface area contributed by atoms with E-state index in [1.54, 1.807) is 6.21 Å². The molecule has 0 saturated carbocycles. The van der Waals surface area contributed by atoms with Crippen molar-refractivity contribution in [1.82, 2.24) is 0 Å². The van der Waals surface area contributed by atoms with Crippen molar-refractivity contribution in [3.05, 3.63) is 58.5 Å². The summed E-state index contributed by atoms with van der Waals surface area (Å²) < 4.78 is 0. The zero-order chi connectivity index (χ0) is 20.4. The quantitative estimate of drug-likeness (QED) is 0.515. The molecule has 0 atom stereocenters. The molecule has 0 unspecified atom stereocenters. The van der Waals surface area contributed by atoms with Crippen molar-refractivity contribution >= 4 is 40.5 Å². The Hall–Kier alpha value is -3.27. The Labute approximate surface area is 170 Å². The summed E-state index contributed by atoms with van der Waals surface area (Å²) in [6, 6.07) is 14.8. The molecule has 1 aliphatic carbocycles. The molecule has 0 aromatic heterocycles. The summed E-state index contributed by atoms with van der Waals surface area (Å²) in [6.45, 7) is 2.50. The Morgan fingerprint density at radius 2 is 1.66 bits per heavy atom. The molecule has 0 bridgehead atoms. The van der Waals surface area contributed by atoms with Gasteiger partial charge in [0.05, 0.1) is 0 Å². The Bertz CT molecular complexity index is 1210. The molecule has 0 spiro atoms. The van der Waals surface area contributed by atoms with Crippen LogP contribution in [-0.2, 0) is 6.42 Å². The first kappa shape index (κ1) is 19.1. The van der Waals surface area contributed by atoms with Crippen LogP contribution in [0.1, 0.15) is 25.3 Å². The minimum atomic E-state index is 0.138. The Morgan fingerprint density at radius 1 is 0.966 bits per heavy atom. The molecule has 0 fully saturated rings. The Kier molecular flexibility index (Phi) is 5.26. The maximum atomic E-state index is 11.0. The lowest BCUT2D eigenvalue weighted by Gasteiger charge is -2.24. The molecule has 3 aromatic rings. The van der Waals surface area contributed by atoms with E-state index in [1.807, 2.05) is 37.1 Å². The van der Waals surface area contributed by atoms with Crippen LogP contribution in [0.3, 0.4) is 0 Å². The van der Waals surface area contributed by atoms with E-state index in [9.17, 15) is 10.2 Å². The van der Waals surface area contributed by atoms with Crippen LogP contribution in [0.4, 0.5) is 11.4 Å². The molecule has 0 amide bonds. The predicted octanol–water partition coefficient (Wildman–Crippen LogP) is 4.01. The average molecular weight is 386 g/mol. The number of hydrogen-bond acceptors (Lipinski definition) is 4. The number of phenols is 2. The summed E-state index contributed by atoms with van der Waals surface area (Å²) in [5.74, 6) is 0.328. The molecule has 29 heavy (non-hydrogen) atoms. The molecule has 148 valence electrons. The summed E-state index contributed by atoms with van der Waals surface area (Å²) in [4.78, 5) is 6.36. The van der Waals surface area contributed by atoms with Gasteiger partial charge in [0, 0.05) is 30.2 Å². The predicted molar refractivity (Wildman–Crippen MR) is 122 cm³/mol.